The Morgan fingerprint density at radius 2 is 2.13 bits per heavy atom. The summed E-state index contributed by atoms with van der Waals surface area (Å²) in [6.07, 6.45) is 5.03. The topological polar surface area (TPSA) is 60.9 Å². The van der Waals surface area contributed by atoms with E-state index >= 15 is 0 Å². The van der Waals surface area contributed by atoms with Crippen LogP contribution in [0.4, 0.5) is 5.69 Å². The molecule has 2 rings (SSSR count). The van der Waals surface area contributed by atoms with Gasteiger partial charge in [-0.1, -0.05) is 0 Å². The quantitative estimate of drug-likeness (QED) is 0.749. The SMILES string of the molecule is Cn1cc(-c2ccncc2N)ccc1=O. The molecular weight excluding hydrogens is 190 g/mol. The normalized spacial score (nSPS) is 10.2. The van der Waals surface area contributed by atoms with Crippen molar-refractivity contribution in [1.29, 1.82) is 0 Å². The number of nitrogens with two attached hydrogens (primary N) is 1. The van der Waals surface area contributed by atoms with Gasteiger partial charge in [-0.25, -0.2) is 0 Å². The Balaban J connectivity index is 2.60. The van der Waals surface area contributed by atoms with E-state index in [0.29, 0.717) is 5.69 Å². The van der Waals surface area contributed by atoms with Crippen LogP contribution in [0, 0.1) is 0 Å². The first kappa shape index (κ1) is 9.45. The molecule has 2 N–H and O–H groups in total. The molecule has 0 fully saturated rings. The van der Waals surface area contributed by atoms with E-state index < -0.39 is 0 Å². The zero-order chi connectivity index (χ0) is 10.8. The van der Waals surface area contributed by atoms with Crippen LogP contribution in [0.5, 0.6) is 0 Å². The van der Waals surface area contributed by atoms with Crippen LogP contribution in [0.3, 0.4) is 0 Å². The van der Waals surface area contributed by atoms with Crippen molar-refractivity contribution in [3.63, 3.8) is 0 Å². The molecule has 4 nitrogen and oxygen atoms in total. The Bertz CT molecular complexity index is 546. The van der Waals surface area contributed by atoms with Gasteiger partial charge in [-0.15, -0.1) is 0 Å². The molecular formula is C11H11N3O. The van der Waals surface area contributed by atoms with Gasteiger partial charge < -0.3 is 10.3 Å². The molecule has 0 aliphatic rings. The van der Waals surface area contributed by atoms with Crippen LogP contribution in [-0.2, 0) is 7.05 Å². The highest BCUT2D eigenvalue weighted by Crippen LogP contribution is 2.22. The van der Waals surface area contributed by atoms with Crippen molar-refractivity contribution < 1.29 is 0 Å². The second-order valence-corrected chi connectivity index (χ2v) is 3.33. The number of hydrogen-bond acceptors (Lipinski definition) is 3. The standard InChI is InChI=1S/C11H11N3O/c1-14-7-8(2-3-11(14)15)9-4-5-13-6-10(9)12/h2-7H,12H2,1H3. The Kier molecular flexibility index (Phi) is 2.25. The van der Waals surface area contributed by atoms with E-state index in [-0.39, 0.29) is 5.56 Å². The van der Waals surface area contributed by atoms with Gasteiger partial charge >= 0.3 is 0 Å². The summed E-state index contributed by atoms with van der Waals surface area (Å²) in [7, 11) is 1.71. The summed E-state index contributed by atoms with van der Waals surface area (Å²) in [5, 5.41) is 0. The Hall–Kier alpha value is -2.10. The lowest BCUT2D eigenvalue weighted by Gasteiger charge is -2.05. The fraction of sp³-hybridized carbons (Fsp3) is 0.0909. The molecule has 2 aromatic rings. The first-order valence-electron chi connectivity index (χ1n) is 4.55. The maximum Gasteiger partial charge on any atom is 0.250 e. The van der Waals surface area contributed by atoms with Crippen molar-refractivity contribution in [2.75, 3.05) is 5.73 Å². The third kappa shape index (κ3) is 1.74. The first-order valence-corrected chi connectivity index (χ1v) is 4.55. The summed E-state index contributed by atoms with van der Waals surface area (Å²) in [5.41, 5.74) is 8.17. The predicted molar refractivity (Wildman–Crippen MR) is 59.3 cm³/mol. The fourth-order valence-corrected chi connectivity index (χ4v) is 1.42. The van der Waals surface area contributed by atoms with Gasteiger partial charge in [0.25, 0.3) is 0 Å². The largest absolute Gasteiger partial charge is 0.397 e. The van der Waals surface area contributed by atoms with Crippen LogP contribution < -0.4 is 11.3 Å². The number of aryl methyl sites for hydroxylation is 1. The van der Waals surface area contributed by atoms with Gasteiger partial charge in [0.15, 0.2) is 0 Å². The van der Waals surface area contributed by atoms with E-state index in [9.17, 15) is 4.79 Å². The molecule has 0 bridgehead atoms. The van der Waals surface area contributed by atoms with Crippen molar-refractivity contribution in [3.05, 3.63) is 47.1 Å². The third-order valence-electron chi connectivity index (χ3n) is 2.25. The number of anilines is 1. The fourth-order valence-electron chi connectivity index (χ4n) is 1.42. The lowest BCUT2D eigenvalue weighted by molar-refractivity contribution is 0.862. The number of nitrogens with zero attached hydrogens (tertiary/aromatic N) is 2. The van der Waals surface area contributed by atoms with E-state index in [1.807, 2.05) is 6.07 Å². The summed E-state index contributed by atoms with van der Waals surface area (Å²) >= 11 is 0. The number of rotatable bonds is 1. The minimum Gasteiger partial charge on any atom is -0.397 e. The van der Waals surface area contributed by atoms with Crippen LogP contribution in [0.1, 0.15) is 0 Å². The summed E-state index contributed by atoms with van der Waals surface area (Å²) in [6.45, 7) is 0. The molecule has 0 unspecified atom stereocenters. The zero-order valence-electron chi connectivity index (χ0n) is 8.34. The zero-order valence-corrected chi connectivity index (χ0v) is 8.34. The van der Waals surface area contributed by atoms with Crippen LogP contribution in [0.25, 0.3) is 11.1 Å². The van der Waals surface area contributed by atoms with Crippen molar-refractivity contribution >= 4 is 5.69 Å². The summed E-state index contributed by atoms with van der Waals surface area (Å²) in [6, 6.07) is 5.11. The van der Waals surface area contributed by atoms with Crippen molar-refractivity contribution in [2.45, 2.75) is 0 Å². The number of aromatic nitrogens is 2. The van der Waals surface area contributed by atoms with Gasteiger partial charge in [-0.3, -0.25) is 9.78 Å². The molecule has 0 saturated heterocycles. The molecule has 0 amide bonds. The van der Waals surface area contributed by atoms with E-state index in [1.54, 1.807) is 31.7 Å². The smallest absolute Gasteiger partial charge is 0.250 e. The maximum absolute atomic E-state index is 11.2. The number of hydrogen-bond donors (Lipinski definition) is 1. The monoisotopic (exact) mass is 201 g/mol. The van der Waals surface area contributed by atoms with Crippen LogP contribution in [0.2, 0.25) is 0 Å². The molecule has 0 spiro atoms. The van der Waals surface area contributed by atoms with E-state index in [2.05, 4.69) is 4.98 Å². The Labute approximate surface area is 87.0 Å². The lowest BCUT2D eigenvalue weighted by atomic mass is 10.1. The number of pyridine rings is 2. The molecule has 0 aromatic carbocycles. The summed E-state index contributed by atoms with van der Waals surface area (Å²) in [4.78, 5) is 15.1. The summed E-state index contributed by atoms with van der Waals surface area (Å²) < 4.78 is 1.52. The molecule has 76 valence electrons. The van der Waals surface area contributed by atoms with Gasteiger partial charge in [-0.2, -0.15) is 0 Å². The highest BCUT2D eigenvalue weighted by Gasteiger charge is 2.02. The highest BCUT2D eigenvalue weighted by atomic mass is 16.1. The molecule has 0 saturated carbocycles. The van der Waals surface area contributed by atoms with Gasteiger partial charge in [0.1, 0.15) is 0 Å². The van der Waals surface area contributed by atoms with Crippen LogP contribution >= 0.6 is 0 Å². The van der Waals surface area contributed by atoms with Crippen molar-refractivity contribution in [1.82, 2.24) is 9.55 Å². The average molecular weight is 201 g/mol. The molecule has 2 aromatic heterocycles. The summed E-state index contributed by atoms with van der Waals surface area (Å²) in [5.74, 6) is 0. The Morgan fingerprint density at radius 3 is 2.80 bits per heavy atom. The number of nitrogen functional groups attached to an aromatic ring is 1. The van der Waals surface area contributed by atoms with Crippen molar-refractivity contribution in [3.8, 4) is 11.1 Å². The molecule has 4 heteroatoms. The average Bonchev–Trinajstić information content (AvgIpc) is 2.23. The predicted octanol–water partition coefficient (Wildman–Crippen LogP) is 1.03. The second-order valence-electron chi connectivity index (χ2n) is 3.33. The van der Waals surface area contributed by atoms with Gasteiger partial charge in [0.05, 0.1) is 11.9 Å². The maximum atomic E-state index is 11.2. The van der Waals surface area contributed by atoms with Gasteiger partial charge in [0.2, 0.25) is 5.56 Å². The Morgan fingerprint density at radius 1 is 1.33 bits per heavy atom. The third-order valence-corrected chi connectivity index (χ3v) is 2.25. The molecule has 0 radical (unpaired) electrons. The second kappa shape index (κ2) is 3.57. The lowest BCUT2D eigenvalue weighted by Crippen LogP contribution is -2.14. The minimum absolute atomic E-state index is 0.0358. The van der Waals surface area contributed by atoms with E-state index in [4.69, 9.17) is 5.73 Å². The molecule has 0 aliphatic carbocycles. The molecule has 15 heavy (non-hydrogen) atoms. The first-order chi connectivity index (χ1) is 7.18. The van der Waals surface area contributed by atoms with E-state index in [1.165, 1.54) is 10.6 Å². The van der Waals surface area contributed by atoms with Gasteiger partial charge in [0, 0.05) is 36.6 Å². The van der Waals surface area contributed by atoms with Crippen LogP contribution in [0.15, 0.2) is 41.6 Å². The highest BCUT2D eigenvalue weighted by molar-refractivity contribution is 5.74. The van der Waals surface area contributed by atoms with Crippen molar-refractivity contribution in [2.24, 2.45) is 7.05 Å². The molecule has 0 atom stereocenters. The van der Waals surface area contributed by atoms with Crippen LogP contribution in [-0.4, -0.2) is 9.55 Å². The molecule has 2 heterocycles. The minimum atomic E-state index is -0.0358. The molecule has 0 aliphatic heterocycles. The van der Waals surface area contributed by atoms with E-state index in [0.717, 1.165) is 11.1 Å². The van der Waals surface area contributed by atoms with Gasteiger partial charge in [-0.05, 0) is 12.1 Å².